The predicted octanol–water partition coefficient (Wildman–Crippen LogP) is 5.65. The first-order chi connectivity index (χ1) is 16.8. The lowest BCUT2D eigenvalue weighted by Gasteiger charge is -2.33. The Morgan fingerprint density at radius 2 is 1.58 bits per heavy atom. The number of carbonyl (C=O) groups is 2. The van der Waals surface area contributed by atoms with Gasteiger partial charge in [0.25, 0.3) is 0 Å². The van der Waals surface area contributed by atoms with E-state index in [1.165, 1.54) is 23.1 Å². The summed E-state index contributed by atoms with van der Waals surface area (Å²) in [4.78, 5) is 28.1. The molecular weight excluding hydrogens is 568 g/mol. The third kappa shape index (κ3) is 8.15. The van der Waals surface area contributed by atoms with Gasteiger partial charge in [-0.3, -0.25) is 13.9 Å². The zero-order valence-corrected chi connectivity index (χ0v) is 24.2. The van der Waals surface area contributed by atoms with E-state index in [9.17, 15) is 18.0 Å². The summed E-state index contributed by atoms with van der Waals surface area (Å²) in [5.41, 5.74) is 0.609. The van der Waals surface area contributed by atoms with Crippen molar-refractivity contribution in [3.8, 4) is 0 Å². The topological polar surface area (TPSA) is 86.8 Å². The monoisotopic (exact) mass is 595 g/mol. The Labute approximate surface area is 232 Å². The fourth-order valence-electron chi connectivity index (χ4n) is 3.45. The summed E-state index contributed by atoms with van der Waals surface area (Å²) in [6.45, 7) is 5.42. The smallest absolute Gasteiger partial charge is 0.244 e. The molecule has 0 aliphatic heterocycles. The van der Waals surface area contributed by atoms with Gasteiger partial charge in [-0.05, 0) is 42.7 Å². The van der Waals surface area contributed by atoms with Crippen LogP contribution in [0.2, 0.25) is 20.1 Å². The Balaban J connectivity index is 2.50. The lowest BCUT2D eigenvalue weighted by atomic mass is 10.1. The van der Waals surface area contributed by atoms with Gasteiger partial charge in [0, 0.05) is 28.7 Å². The maximum absolute atomic E-state index is 13.7. The Morgan fingerprint density at radius 3 is 2.08 bits per heavy atom. The Hall–Kier alpha value is -1.71. The van der Waals surface area contributed by atoms with E-state index in [-0.39, 0.29) is 40.5 Å². The van der Waals surface area contributed by atoms with Crippen molar-refractivity contribution in [1.82, 2.24) is 10.2 Å². The summed E-state index contributed by atoms with van der Waals surface area (Å²) in [5.74, 6) is -0.777. The molecule has 1 N–H and O–H groups in total. The van der Waals surface area contributed by atoms with Crippen LogP contribution in [0.25, 0.3) is 0 Å². The molecule has 0 fully saturated rings. The van der Waals surface area contributed by atoms with E-state index >= 15 is 0 Å². The lowest BCUT2D eigenvalue weighted by Crippen LogP contribution is -2.52. The molecule has 2 amide bonds. The van der Waals surface area contributed by atoms with Crippen molar-refractivity contribution in [2.75, 3.05) is 23.7 Å². The molecule has 0 aliphatic rings. The number of benzene rings is 2. The van der Waals surface area contributed by atoms with Gasteiger partial charge in [-0.15, -0.1) is 0 Å². The number of nitrogens with one attached hydrogen (secondary N) is 1. The van der Waals surface area contributed by atoms with Crippen molar-refractivity contribution in [2.24, 2.45) is 5.92 Å². The molecule has 2 aromatic carbocycles. The quantitative estimate of drug-likeness (QED) is 0.363. The highest BCUT2D eigenvalue weighted by Gasteiger charge is 2.32. The largest absolute Gasteiger partial charge is 0.354 e. The van der Waals surface area contributed by atoms with E-state index in [0.29, 0.717) is 22.2 Å². The molecule has 12 heteroatoms. The number of hydrogen-bond donors (Lipinski definition) is 1. The second-order valence-corrected chi connectivity index (χ2v) is 12.2. The van der Waals surface area contributed by atoms with Gasteiger partial charge in [0.15, 0.2) is 0 Å². The molecule has 0 aromatic heterocycles. The van der Waals surface area contributed by atoms with Crippen LogP contribution in [-0.4, -0.2) is 50.5 Å². The fourth-order valence-corrected chi connectivity index (χ4v) is 5.10. The molecule has 2 rings (SSSR count). The Kier molecular flexibility index (Phi) is 11.2. The molecule has 0 radical (unpaired) electrons. The van der Waals surface area contributed by atoms with E-state index in [2.05, 4.69) is 5.32 Å². The van der Waals surface area contributed by atoms with Crippen molar-refractivity contribution in [2.45, 2.75) is 39.8 Å². The third-order valence-corrected chi connectivity index (χ3v) is 7.92. The molecule has 198 valence electrons. The van der Waals surface area contributed by atoms with Crippen LogP contribution in [0.4, 0.5) is 5.69 Å². The number of anilines is 1. The summed E-state index contributed by atoms with van der Waals surface area (Å²) >= 11 is 24.8. The van der Waals surface area contributed by atoms with Crippen LogP contribution < -0.4 is 9.62 Å². The maximum Gasteiger partial charge on any atom is 0.244 e. The molecule has 0 unspecified atom stereocenters. The van der Waals surface area contributed by atoms with Crippen LogP contribution in [-0.2, 0) is 26.2 Å². The molecule has 0 saturated heterocycles. The Bertz CT molecular complexity index is 1190. The maximum atomic E-state index is 13.7. The van der Waals surface area contributed by atoms with E-state index < -0.39 is 28.5 Å². The van der Waals surface area contributed by atoms with Crippen molar-refractivity contribution < 1.29 is 18.0 Å². The standard InChI is InChI=1S/C24H29Cl4N3O4S/c1-5-22(24(33)29-12-15(2)3)30(13-17-18(25)7-6-8-19(17)26)23(32)14-31(36(4,34)35)16-9-10-20(27)21(28)11-16/h6-11,15,22H,5,12-14H2,1-4H3,(H,29,33)/t22-/m1/s1. The highest BCUT2D eigenvalue weighted by atomic mass is 35.5. The van der Waals surface area contributed by atoms with E-state index in [1.807, 2.05) is 13.8 Å². The first kappa shape index (κ1) is 30.5. The minimum atomic E-state index is -3.91. The van der Waals surface area contributed by atoms with Crippen LogP contribution in [0.3, 0.4) is 0 Å². The van der Waals surface area contributed by atoms with E-state index in [0.717, 1.165) is 10.6 Å². The minimum Gasteiger partial charge on any atom is -0.354 e. The highest BCUT2D eigenvalue weighted by molar-refractivity contribution is 7.92. The van der Waals surface area contributed by atoms with Crippen LogP contribution in [0.1, 0.15) is 32.8 Å². The van der Waals surface area contributed by atoms with Gasteiger partial charge < -0.3 is 10.2 Å². The van der Waals surface area contributed by atoms with E-state index in [1.54, 1.807) is 25.1 Å². The SMILES string of the molecule is CC[C@H](C(=O)NCC(C)C)N(Cc1c(Cl)cccc1Cl)C(=O)CN(c1ccc(Cl)c(Cl)c1)S(C)(=O)=O. The normalized spacial score (nSPS) is 12.4. The zero-order valence-electron chi connectivity index (χ0n) is 20.4. The summed E-state index contributed by atoms with van der Waals surface area (Å²) in [6.07, 6.45) is 1.26. The lowest BCUT2D eigenvalue weighted by molar-refractivity contribution is -0.140. The molecule has 0 bridgehead atoms. The molecular formula is C24H29Cl4N3O4S. The van der Waals surface area contributed by atoms with Crippen LogP contribution >= 0.6 is 46.4 Å². The van der Waals surface area contributed by atoms with Crippen LogP contribution in [0.15, 0.2) is 36.4 Å². The van der Waals surface area contributed by atoms with Crippen molar-refractivity contribution in [1.29, 1.82) is 0 Å². The molecule has 0 spiro atoms. The summed E-state index contributed by atoms with van der Waals surface area (Å²) in [5, 5.41) is 3.87. The van der Waals surface area contributed by atoms with Crippen molar-refractivity contribution in [3.63, 3.8) is 0 Å². The first-order valence-corrected chi connectivity index (χ1v) is 14.5. The van der Waals surface area contributed by atoms with E-state index in [4.69, 9.17) is 46.4 Å². The van der Waals surface area contributed by atoms with Gasteiger partial charge in [0.05, 0.1) is 22.0 Å². The molecule has 7 nitrogen and oxygen atoms in total. The third-order valence-electron chi connectivity index (χ3n) is 5.33. The summed E-state index contributed by atoms with van der Waals surface area (Å²) < 4.78 is 26.2. The molecule has 1 atom stereocenters. The predicted molar refractivity (Wildman–Crippen MR) is 148 cm³/mol. The van der Waals surface area contributed by atoms with Crippen molar-refractivity contribution in [3.05, 3.63) is 62.1 Å². The van der Waals surface area contributed by atoms with Gasteiger partial charge in [-0.2, -0.15) is 0 Å². The number of rotatable bonds is 11. The molecule has 0 heterocycles. The molecule has 0 saturated carbocycles. The second-order valence-electron chi connectivity index (χ2n) is 8.65. The molecule has 0 aliphatic carbocycles. The number of sulfonamides is 1. The van der Waals surface area contributed by atoms with Crippen LogP contribution in [0.5, 0.6) is 0 Å². The fraction of sp³-hybridized carbons (Fsp3) is 0.417. The average Bonchev–Trinajstić information content (AvgIpc) is 2.78. The number of nitrogens with zero attached hydrogens (tertiary/aromatic N) is 2. The minimum absolute atomic E-state index is 0.0933. The van der Waals surface area contributed by atoms with Crippen molar-refractivity contribution >= 4 is 73.9 Å². The highest BCUT2D eigenvalue weighted by Crippen LogP contribution is 2.30. The van der Waals surface area contributed by atoms with Gasteiger partial charge in [-0.25, -0.2) is 8.42 Å². The average molecular weight is 597 g/mol. The molecule has 2 aromatic rings. The molecule has 36 heavy (non-hydrogen) atoms. The zero-order chi connectivity index (χ0) is 27.2. The summed E-state index contributed by atoms with van der Waals surface area (Å²) in [6, 6.07) is 8.29. The van der Waals surface area contributed by atoms with Gasteiger partial charge >= 0.3 is 0 Å². The number of halogens is 4. The second kappa shape index (κ2) is 13.2. The van der Waals surface area contributed by atoms with Gasteiger partial charge in [-0.1, -0.05) is 73.2 Å². The number of amides is 2. The first-order valence-electron chi connectivity index (χ1n) is 11.2. The number of hydrogen-bond acceptors (Lipinski definition) is 4. The van der Waals surface area contributed by atoms with Crippen LogP contribution in [0, 0.1) is 5.92 Å². The van der Waals surface area contributed by atoms with Gasteiger partial charge in [0.2, 0.25) is 21.8 Å². The summed E-state index contributed by atoms with van der Waals surface area (Å²) in [7, 11) is -3.91. The Morgan fingerprint density at radius 1 is 0.972 bits per heavy atom. The van der Waals surface area contributed by atoms with Gasteiger partial charge in [0.1, 0.15) is 12.6 Å². The number of carbonyl (C=O) groups excluding carboxylic acids is 2.